The Hall–Kier alpha value is -2.64. The van der Waals surface area contributed by atoms with E-state index in [0.717, 1.165) is 0 Å². The average molecular weight is 403 g/mol. The maximum absolute atomic E-state index is 11.7. The Morgan fingerprint density at radius 2 is 1.75 bits per heavy atom. The fourth-order valence-corrected chi connectivity index (χ4v) is 4.03. The fourth-order valence-electron chi connectivity index (χ4n) is 3.27. The molecule has 1 aliphatic carbocycles. The van der Waals surface area contributed by atoms with Crippen LogP contribution in [0.25, 0.3) is 11.3 Å². The summed E-state index contributed by atoms with van der Waals surface area (Å²) in [5.74, 6) is 0. The number of fused-ring (bicyclic) bond motifs is 1. The first-order chi connectivity index (χ1) is 13.4. The number of nitrogen functional groups attached to an aromatic ring is 1. The highest BCUT2D eigenvalue weighted by Crippen LogP contribution is 2.27. The van der Waals surface area contributed by atoms with Crippen LogP contribution in [-0.2, 0) is 29.9 Å². The Morgan fingerprint density at radius 1 is 1.11 bits per heavy atom. The molecule has 0 aliphatic heterocycles. The number of nitrogens with one attached hydrogen (secondary N) is 1. The SMILES string of the molecule is CNS(=O)(=O)c1ccc(N)c(-c2cn(C)cn2)c1.[HH].[HH].c1ccc2c(c1)CCCC2. The molecule has 0 unspecified atom stereocenters. The van der Waals surface area contributed by atoms with Crippen molar-refractivity contribution in [1.29, 1.82) is 0 Å². The zero-order valence-electron chi connectivity index (χ0n) is 16.2. The standard InChI is InChI=1S/C11H14N4O2S.C10H12.2H2/c1-13-18(16,17)8-3-4-10(12)9(5-8)11-6-15(2)7-14-11;1-2-6-10-8-4-3-7-9(10)5-1;;/h3-7,13H,12H2,1-2H3;1-2,5-6H,3-4,7-8H2;2*1H. The summed E-state index contributed by atoms with van der Waals surface area (Å²) in [4.78, 5) is 4.33. The molecule has 3 aromatic rings. The van der Waals surface area contributed by atoms with Gasteiger partial charge in [-0.25, -0.2) is 18.1 Å². The van der Waals surface area contributed by atoms with Gasteiger partial charge in [0.1, 0.15) is 0 Å². The van der Waals surface area contributed by atoms with Gasteiger partial charge in [-0.1, -0.05) is 24.3 Å². The fraction of sp³-hybridized carbons (Fsp3) is 0.286. The van der Waals surface area contributed by atoms with E-state index >= 15 is 0 Å². The average Bonchev–Trinajstić information content (AvgIpc) is 3.15. The predicted molar refractivity (Wildman–Crippen MR) is 117 cm³/mol. The van der Waals surface area contributed by atoms with Gasteiger partial charge in [0.25, 0.3) is 0 Å². The van der Waals surface area contributed by atoms with Crippen molar-refractivity contribution in [2.45, 2.75) is 30.6 Å². The zero-order chi connectivity index (χ0) is 20.1. The topological polar surface area (TPSA) is 90.0 Å². The molecule has 2 aromatic carbocycles. The molecule has 0 bridgehead atoms. The first-order valence-corrected chi connectivity index (χ1v) is 10.8. The Bertz CT molecular complexity index is 1040. The highest BCUT2D eigenvalue weighted by Gasteiger charge is 2.15. The van der Waals surface area contributed by atoms with Gasteiger partial charge < -0.3 is 10.3 Å². The number of nitrogens with two attached hydrogens (primary N) is 1. The van der Waals surface area contributed by atoms with Gasteiger partial charge in [0, 0.05) is 27.3 Å². The van der Waals surface area contributed by atoms with Crippen molar-refractivity contribution < 1.29 is 11.3 Å². The number of imidazole rings is 1. The summed E-state index contributed by atoms with van der Waals surface area (Å²) in [5, 5.41) is 0. The predicted octanol–water partition coefficient (Wildman–Crippen LogP) is 3.63. The van der Waals surface area contributed by atoms with Gasteiger partial charge in [0.15, 0.2) is 0 Å². The first-order valence-electron chi connectivity index (χ1n) is 9.29. The molecule has 0 amide bonds. The first kappa shape index (κ1) is 20.1. The quantitative estimate of drug-likeness (QED) is 0.655. The molecule has 0 saturated carbocycles. The van der Waals surface area contributed by atoms with E-state index in [0.29, 0.717) is 16.9 Å². The lowest BCUT2D eigenvalue weighted by atomic mass is 9.92. The van der Waals surface area contributed by atoms with E-state index in [1.54, 1.807) is 34.3 Å². The normalized spacial score (nSPS) is 13.4. The highest BCUT2D eigenvalue weighted by molar-refractivity contribution is 7.89. The maximum Gasteiger partial charge on any atom is 0.240 e. The Labute approximate surface area is 169 Å². The van der Waals surface area contributed by atoms with Crippen LogP contribution in [0.5, 0.6) is 0 Å². The number of aromatic nitrogens is 2. The van der Waals surface area contributed by atoms with Crippen LogP contribution in [0.4, 0.5) is 5.69 Å². The molecule has 0 saturated heterocycles. The van der Waals surface area contributed by atoms with Crippen molar-refractivity contribution in [1.82, 2.24) is 14.3 Å². The third kappa shape index (κ3) is 4.61. The molecule has 1 aliphatic rings. The molecule has 0 radical (unpaired) electrons. The van der Waals surface area contributed by atoms with Crippen LogP contribution in [0.1, 0.15) is 26.8 Å². The lowest BCUT2D eigenvalue weighted by Gasteiger charge is -2.13. The van der Waals surface area contributed by atoms with E-state index in [1.807, 2.05) is 7.05 Å². The summed E-state index contributed by atoms with van der Waals surface area (Å²) in [6, 6.07) is 13.3. The van der Waals surface area contributed by atoms with Crippen LogP contribution in [-0.4, -0.2) is 25.0 Å². The lowest BCUT2D eigenvalue weighted by molar-refractivity contribution is 0.588. The third-order valence-corrected chi connectivity index (χ3v) is 6.26. The number of nitrogens with zero attached hydrogens (tertiary/aromatic N) is 2. The molecular formula is C21H30N4O2S. The van der Waals surface area contributed by atoms with E-state index in [9.17, 15) is 8.42 Å². The van der Waals surface area contributed by atoms with Gasteiger partial charge in [-0.2, -0.15) is 0 Å². The number of hydrogen-bond donors (Lipinski definition) is 2. The van der Waals surface area contributed by atoms with Crippen molar-refractivity contribution in [3.8, 4) is 11.3 Å². The molecule has 3 N–H and O–H groups in total. The van der Waals surface area contributed by atoms with Crippen molar-refractivity contribution in [2.75, 3.05) is 12.8 Å². The maximum atomic E-state index is 11.7. The molecule has 7 heteroatoms. The summed E-state index contributed by atoms with van der Waals surface area (Å²) in [5.41, 5.74) is 10.7. The van der Waals surface area contributed by atoms with Gasteiger partial charge in [0.2, 0.25) is 10.0 Å². The highest BCUT2D eigenvalue weighted by atomic mass is 32.2. The number of rotatable bonds is 3. The van der Waals surface area contributed by atoms with Crippen LogP contribution in [0.15, 0.2) is 59.9 Å². The number of aryl methyl sites for hydroxylation is 3. The Morgan fingerprint density at radius 3 is 2.29 bits per heavy atom. The molecule has 0 spiro atoms. The van der Waals surface area contributed by atoms with Gasteiger partial charge in [-0.05, 0) is 62.1 Å². The summed E-state index contributed by atoms with van der Waals surface area (Å²) in [6.45, 7) is 0. The van der Waals surface area contributed by atoms with Gasteiger partial charge >= 0.3 is 0 Å². The Balaban J connectivity index is 0.000000320. The van der Waals surface area contributed by atoms with Crippen LogP contribution in [0, 0.1) is 0 Å². The van der Waals surface area contributed by atoms with Crippen molar-refractivity contribution in [3.05, 3.63) is 66.1 Å². The number of sulfonamides is 1. The van der Waals surface area contributed by atoms with Crippen LogP contribution in [0.2, 0.25) is 0 Å². The summed E-state index contributed by atoms with van der Waals surface area (Å²) >= 11 is 0. The summed E-state index contributed by atoms with van der Waals surface area (Å²) in [7, 11) is -0.277. The van der Waals surface area contributed by atoms with Crippen LogP contribution < -0.4 is 10.5 Å². The number of anilines is 1. The molecule has 0 atom stereocenters. The molecule has 6 nitrogen and oxygen atoms in total. The molecule has 0 fully saturated rings. The minimum absolute atomic E-state index is 0. The van der Waals surface area contributed by atoms with Crippen molar-refractivity contribution in [2.24, 2.45) is 7.05 Å². The van der Waals surface area contributed by atoms with E-state index in [-0.39, 0.29) is 7.75 Å². The smallest absolute Gasteiger partial charge is 0.240 e. The minimum Gasteiger partial charge on any atom is -0.398 e. The molecule has 28 heavy (non-hydrogen) atoms. The second kappa shape index (κ2) is 8.58. The number of benzene rings is 2. The zero-order valence-corrected chi connectivity index (χ0v) is 17.0. The van der Waals surface area contributed by atoms with E-state index < -0.39 is 10.0 Å². The van der Waals surface area contributed by atoms with E-state index in [4.69, 9.17) is 5.73 Å². The molecule has 1 heterocycles. The molecule has 1 aromatic heterocycles. The second-order valence-electron chi connectivity index (χ2n) is 6.86. The number of hydrogen-bond acceptors (Lipinski definition) is 4. The molecule has 152 valence electrons. The van der Waals surface area contributed by atoms with E-state index in [2.05, 4.69) is 34.0 Å². The third-order valence-electron chi connectivity index (χ3n) is 4.85. The van der Waals surface area contributed by atoms with E-state index in [1.165, 1.54) is 44.9 Å². The largest absolute Gasteiger partial charge is 0.398 e. The van der Waals surface area contributed by atoms with Crippen molar-refractivity contribution in [3.63, 3.8) is 0 Å². The Kier molecular flexibility index (Phi) is 6.16. The van der Waals surface area contributed by atoms with Gasteiger partial charge in [0.05, 0.1) is 16.9 Å². The van der Waals surface area contributed by atoms with Gasteiger partial charge in [-0.15, -0.1) is 0 Å². The molecule has 4 rings (SSSR count). The minimum atomic E-state index is -3.48. The monoisotopic (exact) mass is 402 g/mol. The second-order valence-corrected chi connectivity index (χ2v) is 8.74. The van der Waals surface area contributed by atoms with Crippen LogP contribution >= 0.6 is 0 Å². The molecular weight excluding hydrogens is 372 g/mol. The van der Waals surface area contributed by atoms with Crippen molar-refractivity contribution >= 4 is 15.7 Å². The summed E-state index contributed by atoms with van der Waals surface area (Å²) in [6.07, 6.45) is 8.79. The van der Waals surface area contributed by atoms with Gasteiger partial charge in [-0.3, -0.25) is 0 Å². The lowest BCUT2D eigenvalue weighted by Crippen LogP contribution is -2.18. The van der Waals surface area contributed by atoms with Crippen LogP contribution in [0.3, 0.4) is 0 Å². The summed E-state index contributed by atoms with van der Waals surface area (Å²) < 4.78 is 27.5.